The smallest absolute Gasteiger partial charge is 0.294 e. The van der Waals surface area contributed by atoms with Crippen molar-refractivity contribution in [2.45, 2.75) is 16.2 Å². The number of hydrogen-bond acceptors (Lipinski definition) is 22. The van der Waals surface area contributed by atoms with Crippen LogP contribution in [-0.2, 0) is 39.7 Å². The number of azo groups is 2. The van der Waals surface area contributed by atoms with E-state index in [9.17, 15) is 34.4 Å². The zero-order chi connectivity index (χ0) is 43.3. The van der Waals surface area contributed by atoms with Crippen molar-refractivity contribution in [3.05, 3.63) is 84.9 Å². The van der Waals surface area contributed by atoms with Gasteiger partial charge in [-0.25, -0.2) is 5.26 Å². The van der Waals surface area contributed by atoms with Crippen LogP contribution in [0, 0.1) is 0 Å². The van der Waals surface area contributed by atoms with Crippen LogP contribution in [0.1, 0.15) is 6.42 Å². The average molecular weight is 909 g/mol. The molecule has 60 heavy (non-hydrogen) atoms. The number of anilines is 5. The predicted molar refractivity (Wildman–Crippen MR) is 214 cm³/mol. The molecule has 7 N–H and O–H groups in total. The maximum Gasteiger partial charge on any atom is 0.294 e. The van der Waals surface area contributed by atoms with Gasteiger partial charge in [0.1, 0.15) is 17.4 Å². The molecule has 0 fully saturated rings. The van der Waals surface area contributed by atoms with E-state index in [1.165, 1.54) is 61.7 Å². The van der Waals surface area contributed by atoms with Crippen LogP contribution in [-0.4, -0.2) is 84.5 Å². The second-order valence-corrected chi connectivity index (χ2v) is 16.8. The third kappa shape index (κ3) is 14.7. The molecule has 0 bridgehead atoms. The van der Waals surface area contributed by atoms with Gasteiger partial charge in [0.05, 0.1) is 70.5 Å². The molecule has 318 valence electrons. The highest BCUT2D eigenvalue weighted by Crippen LogP contribution is 2.35. The van der Waals surface area contributed by atoms with Gasteiger partial charge in [-0.05, 0) is 67.1 Å². The molecule has 0 aliphatic rings. The van der Waals surface area contributed by atoms with Crippen molar-refractivity contribution in [3.63, 3.8) is 0 Å². The van der Waals surface area contributed by atoms with Gasteiger partial charge in [0.25, 0.3) is 30.4 Å². The third-order valence-corrected chi connectivity index (χ3v) is 9.89. The summed E-state index contributed by atoms with van der Waals surface area (Å²) in [7, 11) is -11.9. The lowest BCUT2D eigenvalue weighted by atomic mass is 10.2. The SMILES string of the molecule is COc1cc(N=Nc2cccc(S(=O)(=O)O)c2)ccc1Nc1nc(NCS(=O)(=O)O)nc(Nc2ccc(N=Nc3cccc(SOOO)c3)cc2OCCCS(=O)(=O)O)n1. The quantitative estimate of drug-likeness (QED) is 0.00994. The van der Waals surface area contributed by atoms with Crippen molar-refractivity contribution < 1.29 is 63.0 Å². The Hall–Kier alpha value is -5.95. The largest absolute Gasteiger partial charge is 0.494 e. The average Bonchev–Trinajstić information content (AvgIpc) is 3.19. The first kappa shape index (κ1) is 45.1. The minimum Gasteiger partial charge on any atom is -0.494 e. The molecule has 28 heteroatoms. The zero-order valence-electron chi connectivity index (χ0n) is 30.5. The normalized spacial score (nSPS) is 12.2. The van der Waals surface area contributed by atoms with Gasteiger partial charge >= 0.3 is 0 Å². The van der Waals surface area contributed by atoms with E-state index >= 15 is 0 Å². The van der Waals surface area contributed by atoms with Gasteiger partial charge in [-0.15, -0.1) is 4.33 Å². The number of methoxy groups -OCH3 is 1. The number of benzene rings is 4. The van der Waals surface area contributed by atoms with Crippen molar-refractivity contribution in [2.24, 2.45) is 20.5 Å². The summed E-state index contributed by atoms with van der Waals surface area (Å²) < 4.78 is 112. The van der Waals surface area contributed by atoms with E-state index in [1.54, 1.807) is 24.3 Å². The molecular formula is C32H32N10O14S4. The van der Waals surface area contributed by atoms with Gasteiger partial charge in [0.2, 0.25) is 17.8 Å². The molecule has 1 heterocycles. The summed E-state index contributed by atoms with van der Waals surface area (Å²) in [6.07, 6.45) is -0.0964. The van der Waals surface area contributed by atoms with Gasteiger partial charge in [0.15, 0.2) is 0 Å². The molecule has 24 nitrogen and oxygen atoms in total. The molecule has 0 amide bonds. The molecule has 0 aliphatic heterocycles. The molecule has 0 aliphatic carbocycles. The Balaban J connectivity index is 1.43. The van der Waals surface area contributed by atoms with Crippen LogP contribution >= 0.6 is 12.0 Å². The standard InChI is InChI=1S/C32H32N10O14S4/c1-53-28-17-22(41-40-21-6-3-8-25(16-21)60(50,51)52)9-11-26(28)34-31-36-30(33-19-59(47,48)49)37-32(38-31)35-27-12-10-23(18-29(27)54-13-4-14-58(44,45)46)42-39-20-5-2-7-24(15-20)57-56-55-43/h2-3,5-12,15-18,43H,4,13-14,19H2,1H3,(H,44,45,46)(H,47,48,49)(H,50,51,52)(H3,33,34,35,36,37,38). The summed E-state index contributed by atoms with van der Waals surface area (Å²) in [5, 5.41) is 36.8. The molecule has 5 rings (SSSR count). The van der Waals surface area contributed by atoms with Crippen LogP contribution in [0.3, 0.4) is 0 Å². The van der Waals surface area contributed by atoms with Crippen molar-refractivity contribution in [3.8, 4) is 11.5 Å². The fourth-order valence-electron chi connectivity index (χ4n) is 4.62. The van der Waals surface area contributed by atoms with Crippen molar-refractivity contribution in [1.29, 1.82) is 0 Å². The molecule has 0 saturated carbocycles. The summed E-state index contributed by atoms with van der Waals surface area (Å²) in [6, 6.07) is 20.7. The molecule has 4 aromatic carbocycles. The van der Waals surface area contributed by atoms with Crippen LogP contribution in [0.15, 0.2) is 115 Å². The monoisotopic (exact) mass is 908 g/mol. The first-order valence-corrected chi connectivity index (χ1v) is 21.9. The maximum absolute atomic E-state index is 11.6. The summed E-state index contributed by atoms with van der Waals surface area (Å²) in [5.41, 5.74) is 1.55. The van der Waals surface area contributed by atoms with Crippen LogP contribution < -0.4 is 25.4 Å². The summed E-state index contributed by atoms with van der Waals surface area (Å²) >= 11 is 0.721. The number of rotatable bonds is 21. The maximum atomic E-state index is 11.6. The highest BCUT2D eigenvalue weighted by molar-refractivity contribution is 7.94. The minimum atomic E-state index is -4.54. The predicted octanol–water partition coefficient (Wildman–Crippen LogP) is 6.79. The number of aromatic nitrogens is 3. The van der Waals surface area contributed by atoms with E-state index < -0.39 is 42.0 Å². The number of nitrogens with one attached hydrogen (secondary N) is 3. The van der Waals surface area contributed by atoms with Gasteiger partial charge < -0.3 is 25.4 Å². The topological polar surface area (TPSA) is 344 Å². The Labute approximate surface area is 345 Å². The molecule has 0 unspecified atom stereocenters. The Morgan fingerprint density at radius 3 is 1.78 bits per heavy atom. The lowest BCUT2D eigenvalue weighted by Gasteiger charge is -2.15. The molecule has 0 spiro atoms. The van der Waals surface area contributed by atoms with E-state index in [-0.39, 0.29) is 75.7 Å². The lowest BCUT2D eigenvalue weighted by Crippen LogP contribution is -2.16. The molecule has 1 aromatic heterocycles. The van der Waals surface area contributed by atoms with E-state index in [4.69, 9.17) is 19.3 Å². The lowest BCUT2D eigenvalue weighted by molar-refractivity contribution is -0.432. The Morgan fingerprint density at radius 1 is 0.667 bits per heavy atom. The number of ether oxygens (including phenoxy) is 2. The Bertz CT molecular complexity index is 2710. The zero-order valence-corrected chi connectivity index (χ0v) is 33.8. The van der Waals surface area contributed by atoms with Gasteiger partial charge in [-0.3, -0.25) is 13.7 Å². The second-order valence-electron chi connectivity index (χ2n) is 11.6. The van der Waals surface area contributed by atoms with E-state index in [2.05, 4.69) is 60.7 Å². The van der Waals surface area contributed by atoms with Gasteiger partial charge in [0, 0.05) is 17.0 Å². The first-order valence-electron chi connectivity index (χ1n) is 16.5. The van der Waals surface area contributed by atoms with Gasteiger partial charge in [-0.1, -0.05) is 17.2 Å². The van der Waals surface area contributed by atoms with Crippen molar-refractivity contribution >= 4 is 94.4 Å². The summed E-state index contributed by atoms with van der Waals surface area (Å²) in [5.74, 6) is -1.95. The Morgan fingerprint density at radius 2 is 1.22 bits per heavy atom. The summed E-state index contributed by atoms with van der Waals surface area (Å²) in [6.45, 7) is -0.182. The van der Waals surface area contributed by atoms with Gasteiger partial charge in [-0.2, -0.15) is 60.7 Å². The van der Waals surface area contributed by atoms with Crippen molar-refractivity contribution in [1.82, 2.24) is 15.0 Å². The molecule has 0 radical (unpaired) electrons. The third-order valence-electron chi connectivity index (χ3n) is 7.15. The molecular weight excluding hydrogens is 877 g/mol. The molecule has 5 aromatic rings. The first-order chi connectivity index (χ1) is 28.5. The highest BCUT2D eigenvalue weighted by Gasteiger charge is 2.16. The van der Waals surface area contributed by atoms with Crippen molar-refractivity contribution in [2.75, 3.05) is 41.3 Å². The van der Waals surface area contributed by atoms with Crippen LogP contribution in [0.25, 0.3) is 0 Å². The molecule has 0 saturated heterocycles. The van der Waals surface area contributed by atoms with E-state index in [0.717, 1.165) is 18.1 Å². The highest BCUT2D eigenvalue weighted by atomic mass is 32.2. The second kappa shape index (κ2) is 20.3. The Kier molecular flexibility index (Phi) is 15.3. The molecule has 0 atom stereocenters. The number of hydrogen-bond donors (Lipinski definition) is 7. The number of nitrogens with zero attached hydrogens (tertiary/aromatic N) is 7. The van der Waals surface area contributed by atoms with Crippen LogP contribution in [0.2, 0.25) is 0 Å². The fraction of sp³-hybridized carbons (Fsp3) is 0.156. The van der Waals surface area contributed by atoms with Crippen LogP contribution in [0.4, 0.5) is 52.0 Å². The van der Waals surface area contributed by atoms with E-state index in [1.807, 2.05) is 0 Å². The minimum absolute atomic E-state index is 0.0955. The van der Waals surface area contributed by atoms with Crippen LogP contribution in [0.5, 0.6) is 11.5 Å². The van der Waals surface area contributed by atoms with E-state index in [0.29, 0.717) is 10.6 Å². The summed E-state index contributed by atoms with van der Waals surface area (Å²) in [4.78, 5) is 12.9. The fourth-order valence-corrected chi connectivity index (χ4v) is 6.34.